The second-order valence-corrected chi connectivity index (χ2v) is 6.52. The van der Waals surface area contributed by atoms with E-state index in [-0.39, 0.29) is 18.2 Å². The van der Waals surface area contributed by atoms with E-state index in [0.29, 0.717) is 6.42 Å². The third kappa shape index (κ3) is 5.04. The van der Waals surface area contributed by atoms with Crippen molar-refractivity contribution in [3.63, 3.8) is 0 Å². The summed E-state index contributed by atoms with van der Waals surface area (Å²) in [7, 11) is 0. The first-order valence-corrected chi connectivity index (χ1v) is 7.61. The molecule has 5 heteroatoms. The number of rotatable bonds is 6. The fourth-order valence-electron chi connectivity index (χ4n) is 2.99. The maximum atomic E-state index is 11.6. The topological polar surface area (TPSA) is 61.8 Å². The van der Waals surface area contributed by atoms with E-state index < -0.39 is 11.5 Å². The second-order valence-electron chi connectivity index (χ2n) is 6.52. The highest BCUT2D eigenvalue weighted by Gasteiger charge is 2.36. The van der Waals surface area contributed by atoms with E-state index in [1.54, 1.807) is 6.92 Å². The molecular weight excluding hydrogens is 256 g/mol. The summed E-state index contributed by atoms with van der Waals surface area (Å²) in [5.74, 6) is -0.780. The van der Waals surface area contributed by atoms with E-state index in [1.165, 1.54) is 0 Å². The van der Waals surface area contributed by atoms with Gasteiger partial charge in [-0.2, -0.15) is 0 Å². The molecule has 1 heterocycles. The zero-order valence-corrected chi connectivity index (χ0v) is 13.5. The molecule has 5 nitrogen and oxygen atoms in total. The lowest BCUT2D eigenvalue weighted by molar-refractivity contribution is -0.145. The van der Waals surface area contributed by atoms with Gasteiger partial charge in [-0.05, 0) is 47.5 Å². The predicted octanol–water partition coefficient (Wildman–Crippen LogP) is 1.72. The number of hydrogen-bond donors (Lipinski definition) is 2. The van der Waals surface area contributed by atoms with Gasteiger partial charge >= 0.3 is 5.97 Å². The van der Waals surface area contributed by atoms with Gasteiger partial charge in [-0.1, -0.05) is 0 Å². The van der Waals surface area contributed by atoms with Crippen LogP contribution in [0.1, 0.15) is 47.5 Å². The maximum Gasteiger partial charge on any atom is 0.323 e. The molecule has 0 spiro atoms. The molecule has 3 atom stereocenters. The molecule has 0 aromatic heterocycles. The summed E-state index contributed by atoms with van der Waals surface area (Å²) in [5, 5.41) is 12.7. The van der Waals surface area contributed by atoms with E-state index in [9.17, 15) is 9.90 Å². The third-order valence-corrected chi connectivity index (χ3v) is 3.89. The molecule has 2 N–H and O–H groups in total. The number of carboxylic acid groups (broad SMARTS) is 1. The summed E-state index contributed by atoms with van der Waals surface area (Å²) in [4.78, 5) is 13.9. The third-order valence-electron chi connectivity index (χ3n) is 3.89. The van der Waals surface area contributed by atoms with Crippen molar-refractivity contribution in [1.82, 2.24) is 10.2 Å². The lowest BCUT2D eigenvalue weighted by Gasteiger charge is -2.36. The van der Waals surface area contributed by atoms with Crippen LogP contribution in [0.25, 0.3) is 0 Å². The van der Waals surface area contributed by atoms with Crippen LogP contribution in [-0.2, 0) is 9.53 Å². The first-order valence-electron chi connectivity index (χ1n) is 7.61. The van der Waals surface area contributed by atoms with Gasteiger partial charge < -0.3 is 9.84 Å². The molecule has 1 aliphatic rings. The van der Waals surface area contributed by atoms with Crippen molar-refractivity contribution >= 4 is 5.97 Å². The highest BCUT2D eigenvalue weighted by Crippen LogP contribution is 2.20. The first kappa shape index (κ1) is 17.4. The van der Waals surface area contributed by atoms with Gasteiger partial charge in [0, 0.05) is 31.8 Å². The minimum absolute atomic E-state index is 0.148. The minimum Gasteiger partial charge on any atom is -0.480 e. The molecule has 0 amide bonds. The number of aliphatic carboxylic acids is 1. The Hall–Kier alpha value is -0.650. The van der Waals surface area contributed by atoms with Gasteiger partial charge in [-0.25, -0.2) is 0 Å². The standard InChI is InChI=1S/C15H30N2O3/c1-11(2)16-15(5,14(18)19)9-12(3)17-7-6-8-20-13(4)10-17/h11-13,16H,6-10H2,1-5H3,(H,18,19). The maximum absolute atomic E-state index is 11.6. The van der Waals surface area contributed by atoms with E-state index in [1.807, 2.05) is 13.8 Å². The van der Waals surface area contributed by atoms with Crippen molar-refractivity contribution in [2.75, 3.05) is 19.7 Å². The van der Waals surface area contributed by atoms with Crippen LogP contribution in [0.15, 0.2) is 0 Å². The Kier molecular flexibility index (Phi) is 6.43. The Balaban J connectivity index is 2.69. The smallest absolute Gasteiger partial charge is 0.323 e. The Morgan fingerprint density at radius 1 is 1.50 bits per heavy atom. The van der Waals surface area contributed by atoms with Gasteiger partial charge in [0.1, 0.15) is 5.54 Å². The molecule has 20 heavy (non-hydrogen) atoms. The van der Waals surface area contributed by atoms with Gasteiger partial charge in [0.2, 0.25) is 0 Å². The summed E-state index contributed by atoms with van der Waals surface area (Å²) in [6.07, 6.45) is 1.82. The van der Waals surface area contributed by atoms with Gasteiger partial charge in [0.25, 0.3) is 0 Å². The average Bonchev–Trinajstić information content (AvgIpc) is 2.52. The number of ether oxygens (including phenoxy) is 1. The first-order chi connectivity index (χ1) is 9.24. The Bertz CT molecular complexity index is 322. The van der Waals surface area contributed by atoms with Gasteiger partial charge in [-0.15, -0.1) is 0 Å². The van der Waals surface area contributed by atoms with Gasteiger partial charge in [0.15, 0.2) is 0 Å². The molecule has 1 saturated heterocycles. The highest BCUT2D eigenvalue weighted by atomic mass is 16.5. The molecule has 1 rings (SSSR count). The number of hydrogen-bond acceptors (Lipinski definition) is 4. The van der Waals surface area contributed by atoms with Gasteiger partial charge in [-0.3, -0.25) is 15.0 Å². The minimum atomic E-state index is -0.885. The van der Waals surface area contributed by atoms with Crippen LogP contribution < -0.4 is 5.32 Å². The quantitative estimate of drug-likeness (QED) is 0.778. The van der Waals surface area contributed by atoms with Crippen LogP contribution in [0.4, 0.5) is 0 Å². The Morgan fingerprint density at radius 3 is 2.70 bits per heavy atom. The molecule has 1 fully saturated rings. The molecule has 0 saturated carbocycles. The second kappa shape index (κ2) is 7.38. The molecular formula is C15H30N2O3. The van der Waals surface area contributed by atoms with Crippen molar-refractivity contribution in [3.05, 3.63) is 0 Å². The normalized spacial score (nSPS) is 26.0. The zero-order chi connectivity index (χ0) is 15.3. The lowest BCUT2D eigenvalue weighted by atomic mass is 9.92. The van der Waals surface area contributed by atoms with Crippen molar-refractivity contribution in [2.45, 2.75) is 71.2 Å². The predicted molar refractivity (Wildman–Crippen MR) is 80.0 cm³/mol. The molecule has 0 aromatic carbocycles. The Morgan fingerprint density at radius 2 is 2.15 bits per heavy atom. The zero-order valence-electron chi connectivity index (χ0n) is 13.5. The summed E-state index contributed by atoms with van der Waals surface area (Å²) >= 11 is 0. The fraction of sp³-hybridized carbons (Fsp3) is 0.933. The van der Waals surface area contributed by atoms with Crippen LogP contribution in [-0.4, -0.2) is 59.4 Å². The molecule has 3 unspecified atom stereocenters. The number of nitrogens with zero attached hydrogens (tertiary/aromatic N) is 1. The summed E-state index contributed by atoms with van der Waals surface area (Å²) in [5.41, 5.74) is -0.885. The summed E-state index contributed by atoms with van der Waals surface area (Å²) < 4.78 is 5.65. The molecule has 1 aliphatic heterocycles. The van der Waals surface area contributed by atoms with E-state index in [2.05, 4.69) is 24.1 Å². The molecule has 0 radical (unpaired) electrons. The molecule has 118 valence electrons. The highest BCUT2D eigenvalue weighted by molar-refractivity contribution is 5.78. The van der Waals surface area contributed by atoms with E-state index >= 15 is 0 Å². The average molecular weight is 286 g/mol. The van der Waals surface area contributed by atoms with Crippen LogP contribution in [0, 0.1) is 0 Å². The van der Waals surface area contributed by atoms with Crippen molar-refractivity contribution < 1.29 is 14.6 Å². The van der Waals surface area contributed by atoms with E-state index in [4.69, 9.17) is 4.74 Å². The van der Waals surface area contributed by atoms with Gasteiger partial charge in [0.05, 0.1) is 6.10 Å². The van der Waals surface area contributed by atoms with Crippen LogP contribution in [0.3, 0.4) is 0 Å². The van der Waals surface area contributed by atoms with Crippen molar-refractivity contribution in [3.8, 4) is 0 Å². The van der Waals surface area contributed by atoms with Crippen LogP contribution >= 0.6 is 0 Å². The number of carbonyl (C=O) groups is 1. The van der Waals surface area contributed by atoms with E-state index in [0.717, 1.165) is 26.1 Å². The molecule has 0 aliphatic carbocycles. The Labute approximate surface area is 122 Å². The van der Waals surface area contributed by atoms with Crippen molar-refractivity contribution in [2.24, 2.45) is 0 Å². The monoisotopic (exact) mass is 286 g/mol. The molecule has 0 aromatic rings. The summed E-state index contributed by atoms with van der Waals surface area (Å²) in [6, 6.07) is 0.362. The fourth-order valence-corrected chi connectivity index (χ4v) is 2.99. The SMILES string of the molecule is CC(C)NC(C)(CC(C)N1CCCOC(C)C1)C(=O)O. The van der Waals surface area contributed by atoms with Crippen LogP contribution in [0.2, 0.25) is 0 Å². The number of nitrogens with one attached hydrogen (secondary N) is 1. The van der Waals surface area contributed by atoms with Crippen LogP contribution in [0.5, 0.6) is 0 Å². The number of carboxylic acids is 1. The lowest BCUT2D eigenvalue weighted by Crippen LogP contribution is -2.56. The van der Waals surface area contributed by atoms with Crippen molar-refractivity contribution in [1.29, 1.82) is 0 Å². The largest absolute Gasteiger partial charge is 0.480 e. The molecule has 0 bridgehead atoms. The summed E-state index contributed by atoms with van der Waals surface area (Å²) in [6.45, 7) is 12.6.